The summed E-state index contributed by atoms with van der Waals surface area (Å²) in [5.74, 6) is 0.956. The topological polar surface area (TPSA) is 76.4 Å². The van der Waals surface area contributed by atoms with E-state index in [0.29, 0.717) is 6.54 Å². The maximum Gasteiger partial charge on any atom is 0.168 e. The minimum absolute atomic E-state index is 0.228. The highest BCUT2D eigenvalue weighted by atomic mass is 16.3. The number of hydrogen-bond acceptors (Lipinski definition) is 4. The predicted molar refractivity (Wildman–Crippen MR) is 68.0 cm³/mol. The van der Waals surface area contributed by atoms with E-state index in [1.54, 1.807) is 24.3 Å². The first-order valence-electron chi connectivity index (χ1n) is 5.62. The van der Waals surface area contributed by atoms with Gasteiger partial charge in [0.25, 0.3) is 0 Å². The molecular formula is C13H12N4O. The second-order valence-corrected chi connectivity index (χ2v) is 3.99. The van der Waals surface area contributed by atoms with Gasteiger partial charge in [0, 0.05) is 17.8 Å². The second kappa shape index (κ2) is 4.12. The van der Waals surface area contributed by atoms with E-state index in [-0.39, 0.29) is 5.75 Å². The molecule has 0 bridgehead atoms. The minimum atomic E-state index is 0.228. The maximum atomic E-state index is 9.31. The molecule has 0 fully saturated rings. The summed E-state index contributed by atoms with van der Waals surface area (Å²) in [6, 6.07) is 12.6. The zero-order chi connectivity index (χ0) is 12.5. The molecule has 0 aliphatic carbocycles. The summed E-state index contributed by atoms with van der Waals surface area (Å²) < 4.78 is 1.92. The van der Waals surface area contributed by atoms with Gasteiger partial charge in [-0.2, -0.15) is 0 Å². The van der Waals surface area contributed by atoms with Crippen molar-refractivity contribution >= 4 is 5.65 Å². The molecule has 0 atom stereocenters. The van der Waals surface area contributed by atoms with Gasteiger partial charge in [-0.3, -0.25) is 4.40 Å². The third kappa shape index (κ3) is 1.61. The number of benzene rings is 1. The highest BCUT2D eigenvalue weighted by Gasteiger charge is 2.10. The first-order chi connectivity index (χ1) is 8.79. The Bertz CT molecular complexity index is 688. The van der Waals surface area contributed by atoms with Gasteiger partial charge in [-0.15, -0.1) is 10.2 Å². The summed E-state index contributed by atoms with van der Waals surface area (Å²) in [7, 11) is 0. The number of nitrogens with zero attached hydrogens (tertiary/aromatic N) is 3. The summed E-state index contributed by atoms with van der Waals surface area (Å²) >= 11 is 0. The number of pyridine rings is 1. The van der Waals surface area contributed by atoms with Crippen molar-refractivity contribution in [3.63, 3.8) is 0 Å². The smallest absolute Gasteiger partial charge is 0.168 e. The summed E-state index contributed by atoms with van der Waals surface area (Å²) in [6.45, 7) is 0.417. The molecule has 0 spiro atoms. The average Bonchev–Trinajstić information content (AvgIpc) is 2.83. The zero-order valence-corrected chi connectivity index (χ0v) is 9.61. The Balaban J connectivity index is 2.26. The fourth-order valence-corrected chi connectivity index (χ4v) is 1.96. The quantitative estimate of drug-likeness (QED) is 0.712. The Hall–Kier alpha value is -2.40. The molecule has 0 saturated carbocycles. The van der Waals surface area contributed by atoms with Crippen molar-refractivity contribution < 1.29 is 5.11 Å². The Morgan fingerprint density at radius 3 is 2.56 bits per heavy atom. The van der Waals surface area contributed by atoms with E-state index in [4.69, 9.17) is 5.73 Å². The van der Waals surface area contributed by atoms with E-state index < -0.39 is 0 Å². The van der Waals surface area contributed by atoms with Crippen molar-refractivity contribution in [1.82, 2.24) is 14.6 Å². The van der Waals surface area contributed by atoms with Gasteiger partial charge in [-0.1, -0.05) is 6.07 Å². The lowest BCUT2D eigenvalue weighted by atomic mass is 10.2. The van der Waals surface area contributed by atoms with Gasteiger partial charge in [0.05, 0.1) is 0 Å². The zero-order valence-electron chi connectivity index (χ0n) is 9.61. The van der Waals surface area contributed by atoms with Crippen LogP contribution in [0.3, 0.4) is 0 Å². The fraction of sp³-hybridized carbons (Fsp3) is 0.0769. The van der Waals surface area contributed by atoms with Gasteiger partial charge < -0.3 is 10.8 Å². The monoisotopic (exact) mass is 240 g/mol. The van der Waals surface area contributed by atoms with Gasteiger partial charge in [0.2, 0.25) is 0 Å². The van der Waals surface area contributed by atoms with Gasteiger partial charge >= 0.3 is 0 Å². The van der Waals surface area contributed by atoms with Gasteiger partial charge in [-0.25, -0.2) is 0 Å². The summed E-state index contributed by atoms with van der Waals surface area (Å²) in [5, 5.41) is 17.6. The molecule has 0 aliphatic rings. The van der Waals surface area contributed by atoms with E-state index in [1.807, 2.05) is 22.6 Å². The molecule has 1 aromatic carbocycles. The van der Waals surface area contributed by atoms with E-state index in [1.165, 1.54) is 0 Å². The highest BCUT2D eigenvalue weighted by molar-refractivity contribution is 5.61. The molecule has 18 heavy (non-hydrogen) atoms. The molecule has 2 aromatic heterocycles. The van der Waals surface area contributed by atoms with Crippen molar-refractivity contribution in [2.45, 2.75) is 6.54 Å². The van der Waals surface area contributed by atoms with Crippen molar-refractivity contribution in [3.05, 3.63) is 48.2 Å². The van der Waals surface area contributed by atoms with E-state index >= 15 is 0 Å². The molecule has 0 amide bonds. The lowest BCUT2D eigenvalue weighted by molar-refractivity contribution is 0.475. The van der Waals surface area contributed by atoms with Crippen molar-refractivity contribution in [1.29, 1.82) is 0 Å². The molecule has 3 rings (SSSR count). The number of rotatable bonds is 2. The van der Waals surface area contributed by atoms with Crippen LogP contribution in [0.2, 0.25) is 0 Å². The number of hydrogen-bond donors (Lipinski definition) is 2. The maximum absolute atomic E-state index is 9.31. The molecule has 5 heteroatoms. The van der Waals surface area contributed by atoms with Crippen molar-refractivity contribution in [3.8, 4) is 17.1 Å². The third-order valence-electron chi connectivity index (χ3n) is 2.84. The fourth-order valence-electron chi connectivity index (χ4n) is 1.96. The Kier molecular flexibility index (Phi) is 2.46. The SMILES string of the molecule is NCc1cccc2nnc(-c3ccc(O)cc3)n12. The molecule has 2 heterocycles. The molecule has 90 valence electrons. The number of phenols is 1. The molecule has 3 aromatic rings. The first-order valence-corrected chi connectivity index (χ1v) is 5.62. The van der Waals surface area contributed by atoms with Crippen LogP contribution in [0.5, 0.6) is 5.75 Å². The second-order valence-electron chi connectivity index (χ2n) is 3.99. The molecular weight excluding hydrogens is 228 g/mol. The van der Waals surface area contributed by atoms with E-state index in [9.17, 15) is 5.11 Å². The van der Waals surface area contributed by atoms with Crippen LogP contribution in [0.15, 0.2) is 42.5 Å². The number of nitrogens with two attached hydrogens (primary N) is 1. The van der Waals surface area contributed by atoms with Crippen LogP contribution in [0.25, 0.3) is 17.0 Å². The standard InChI is InChI=1S/C13H12N4O/c14-8-10-2-1-3-12-15-16-13(17(10)12)9-4-6-11(18)7-5-9/h1-7,18H,8,14H2. The largest absolute Gasteiger partial charge is 0.508 e. The van der Waals surface area contributed by atoms with Crippen LogP contribution in [-0.4, -0.2) is 19.7 Å². The number of fused-ring (bicyclic) bond motifs is 1. The Labute approximate surface area is 104 Å². The summed E-state index contributed by atoms with van der Waals surface area (Å²) in [5.41, 5.74) is 8.33. The first kappa shape index (κ1) is 10.7. The predicted octanol–water partition coefficient (Wildman–Crippen LogP) is 1.56. The molecule has 0 radical (unpaired) electrons. The van der Waals surface area contributed by atoms with Gasteiger partial charge in [-0.05, 0) is 36.4 Å². The van der Waals surface area contributed by atoms with Crippen molar-refractivity contribution in [2.24, 2.45) is 5.73 Å². The molecule has 5 nitrogen and oxygen atoms in total. The highest BCUT2D eigenvalue weighted by Crippen LogP contribution is 2.22. The average molecular weight is 240 g/mol. The molecule has 0 unspecified atom stereocenters. The lowest BCUT2D eigenvalue weighted by Gasteiger charge is -2.05. The van der Waals surface area contributed by atoms with Crippen molar-refractivity contribution in [2.75, 3.05) is 0 Å². The number of phenolic OH excluding ortho intramolecular Hbond substituents is 1. The van der Waals surface area contributed by atoms with E-state index in [2.05, 4.69) is 10.2 Å². The number of aromatic hydroxyl groups is 1. The van der Waals surface area contributed by atoms with Crippen LogP contribution >= 0.6 is 0 Å². The minimum Gasteiger partial charge on any atom is -0.508 e. The Morgan fingerprint density at radius 2 is 1.83 bits per heavy atom. The Morgan fingerprint density at radius 1 is 1.06 bits per heavy atom. The van der Waals surface area contributed by atoms with Gasteiger partial charge in [0.1, 0.15) is 5.75 Å². The van der Waals surface area contributed by atoms with Crippen LogP contribution < -0.4 is 5.73 Å². The molecule has 0 saturated heterocycles. The van der Waals surface area contributed by atoms with E-state index in [0.717, 1.165) is 22.7 Å². The van der Waals surface area contributed by atoms with Crippen LogP contribution in [0.1, 0.15) is 5.69 Å². The molecule has 0 aliphatic heterocycles. The lowest BCUT2D eigenvalue weighted by Crippen LogP contribution is -2.04. The molecule has 3 N–H and O–H groups in total. The third-order valence-corrected chi connectivity index (χ3v) is 2.84. The van der Waals surface area contributed by atoms with Gasteiger partial charge in [0.15, 0.2) is 11.5 Å². The summed E-state index contributed by atoms with van der Waals surface area (Å²) in [4.78, 5) is 0. The number of aromatic nitrogens is 3. The normalized spacial score (nSPS) is 10.9. The van der Waals surface area contributed by atoms with Crippen LogP contribution in [0, 0.1) is 0 Å². The van der Waals surface area contributed by atoms with Crippen LogP contribution in [-0.2, 0) is 6.54 Å². The summed E-state index contributed by atoms with van der Waals surface area (Å²) in [6.07, 6.45) is 0. The van der Waals surface area contributed by atoms with Crippen LogP contribution in [0.4, 0.5) is 0 Å².